The SMILES string of the molecule is Cc1nc(-c2ccc(CN(C)C3CCCc4ccccc43)cc2)[nH]c(=O)c1C. The van der Waals surface area contributed by atoms with Crippen molar-refractivity contribution in [2.75, 3.05) is 7.05 Å². The zero-order valence-corrected chi connectivity index (χ0v) is 16.8. The highest BCUT2D eigenvalue weighted by Crippen LogP contribution is 2.34. The Morgan fingerprint density at radius 1 is 1.11 bits per heavy atom. The Hall–Kier alpha value is -2.72. The molecule has 0 radical (unpaired) electrons. The molecule has 2 aromatic carbocycles. The summed E-state index contributed by atoms with van der Waals surface area (Å²) in [6.07, 6.45) is 3.65. The summed E-state index contributed by atoms with van der Waals surface area (Å²) >= 11 is 0. The van der Waals surface area contributed by atoms with Crippen LogP contribution in [0.15, 0.2) is 53.3 Å². The molecule has 0 aliphatic heterocycles. The van der Waals surface area contributed by atoms with Gasteiger partial charge in [-0.1, -0.05) is 48.5 Å². The summed E-state index contributed by atoms with van der Waals surface area (Å²) in [5, 5.41) is 0. The van der Waals surface area contributed by atoms with Crippen molar-refractivity contribution in [3.63, 3.8) is 0 Å². The van der Waals surface area contributed by atoms with E-state index in [0.717, 1.165) is 17.8 Å². The number of nitrogens with one attached hydrogen (secondary N) is 1. The molecule has 1 N–H and O–H groups in total. The predicted molar refractivity (Wildman–Crippen MR) is 113 cm³/mol. The summed E-state index contributed by atoms with van der Waals surface area (Å²) in [5.74, 6) is 0.634. The molecule has 1 aromatic heterocycles. The Balaban J connectivity index is 1.52. The van der Waals surface area contributed by atoms with Crippen molar-refractivity contribution in [3.05, 3.63) is 86.8 Å². The topological polar surface area (TPSA) is 49.0 Å². The van der Waals surface area contributed by atoms with Crippen molar-refractivity contribution in [1.29, 1.82) is 0 Å². The van der Waals surface area contributed by atoms with E-state index in [2.05, 4.69) is 58.3 Å². The average Bonchev–Trinajstić information content (AvgIpc) is 2.71. The third kappa shape index (κ3) is 3.65. The minimum absolute atomic E-state index is 0.0673. The molecule has 1 heterocycles. The van der Waals surface area contributed by atoms with E-state index in [1.165, 1.54) is 36.0 Å². The Labute approximate surface area is 166 Å². The number of nitrogens with zero attached hydrogens (tertiary/aromatic N) is 2. The lowest BCUT2D eigenvalue weighted by molar-refractivity contribution is 0.213. The van der Waals surface area contributed by atoms with Crippen LogP contribution in [0.2, 0.25) is 0 Å². The fourth-order valence-corrected chi connectivity index (χ4v) is 4.13. The van der Waals surface area contributed by atoms with Crippen LogP contribution in [0, 0.1) is 13.8 Å². The number of hydrogen-bond acceptors (Lipinski definition) is 3. The van der Waals surface area contributed by atoms with Gasteiger partial charge in [0.05, 0.1) is 0 Å². The molecule has 1 aliphatic carbocycles. The summed E-state index contributed by atoms with van der Waals surface area (Å²) in [5.41, 5.74) is 6.56. The van der Waals surface area contributed by atoms with Crippen LogP contribution in [0.3, 0.4) is 0 Å². The van der Waals surface area contributed by atoms with Crippen molar-refractivity contribution in [2.45, 2.75) is 45.7 Å². The van der Waals surface area contributed by atoms with E-state index in [-0.39, 0.29) is 5.56 Å². The Morgan fingerprint density at radius 3 is 2.61 bits per heavy atom. The van der Waals surface area contributed by atoms with Crippen molar-refractivity contribution >= 4 is 0 Å². The van der Waals surface area contributed by atoms with E-state index in [1.807, 2.05) is 19.1 Å². The number of fused-ring (bicyclic) bond motifs is 1. The summed E-state index contributed by atoms with van der Waals surface area (Å²) in [4.78, 5) is 21.9. The van der Waals surface area contributed by atoms with E-state index in [0.29, 0.717) is 17.4 Å². The second-order valence-electron chi connectivity index (χ2n) is 7.84. The molecule has 4 heteroatoms. The third-order valence-electron chi connectivity index (χ3n) is 5.92. The summed E-state index contributed by atoms with van der Waals surface area (Å²) in [6, 6.07) is 17.7. The van der Waals surface area contributed by atoms with Gasteiger partial charge < -0.3 is 4.98 Å². The zero-order valence-electron chi connectivity index (χ0n) is 16.8. The third-order valence-corrected chi connectivity index (χ3v) is 5.92. The zero-order chi connectivity index (χ0) is 19.7. The molecule has 144 valence electrons. The minimum Gasteiger partial charge on any atom is -0.306 e. The summed E-state index contributed by atoms with van der Waals surface area (Å²) in [7, 11) is 2.21. The monoisotopic (exact) mass is 373 g/mol. The van der Waals surface area contributed by atoms with E-state index in [4.69, 9.17) is 0 Å². The Kier molecular flexibility index (Phi) is 5.14. The lowest BCUT2D eigenvalue weighted by Crippen LogP contribution is -2.27. The number of rotatable bonds is 4. The normalized spacial score (nSPS) is 16.2. The highest BCUT2D eigenvalue weighted by atomic mass is 16.1. The Morgan fingerprint density at radius 2 is 1.86 bits per heavy atom. The van der Waals surface area contributed by atoms with Gasteiger partial charge in [0.1, 0.15) is 5.82 Å². The molecule has 28 heavy (non-hydrogen) atoms. The second-order valence-corrected chi connectivity index (χ2v) is 7.84. The number of aromatic nitrogens is 2. The van der Waals surface area contributed by atoms with E-state index in [9.17, 15) is 4.79 Å². The minimum atomic E-state index is -0.0673. The van der Waals surface area contributed by atoms with E-state index < -0.39 is 0 Å². The first-order valence-electron chi connectivity index (χ1n) is 9.98. The molecule has 1 aliphatic rings. The Bertz CT molecular complexity index is 1040. The van der Waals surface area contributed by atoms with Gasteiger partial charge in [0.2, 0.25) is 0 Å². The first kappa shape index (κ1) is 18.6. The molecule has 0 amide bonds. The molecule has 4 rings (SSSR count). The maximum atomic E-state index is 12.0. The highest BCUT2D eigenvalue weighted by Gasteiger charge is 2.23. The average molecular weight is 374 g/mol. The quantitative estimate of drug-likeness (QED) is 0.729. The van der Waals surface area contributed by atoms with Crippen LogP contribution in [-0.4, -0.2) is 21.9 Å². The van der Waals surface area contributed by atoms with Crippen LogP contribution in [0.5, 0.6) is 0 Å². The van der Waals surface area contributed by atoms with Gasteiger partial charge in [-0.15, -0.1) is 0 Å². The molecular formula is C24H27N3O. The summed E-state index contributed by atoms with van der Waals surface area (Å²) in [6.45, 7) is 4.57. The molecule has 1 atom stereocenters. The van der Waals surface area contributed by atoms with E-state index >= 15 is 0 Å². The van der Waals surface area contributed by atoms with Gasteiger partial charge in [-0.2, -0.15) is 0 Å². The number of benzene rings is 2. The summed E-state index contributed by atoms with van der Waals surface area (Å²) < 4.78 is 0. The van der Waals surface area contributed by atoms with Gasteiger partial charge in [-0.3, -0.25) is 9.69 Å². The van der Waals surface area contributed by atoms with Gasteiger partial charge >= 0.3 is 0 Å². The molecule has 4 nitrogen and oxygen atoms in total. The smallest absolute Gasteiger partial charge is 0.254 e. The van der Waals surface area contributed by atoms with Crippen LogP contribution >= 0.6 is 0 Å². The van der Waals surface area contributed by atoms with Crippen LogP contribution in [0.25, 0.3) is 11.4 Å². The maximum absolute atomic E-state index is 12.0. The molecule has 0 fully saturated rings. The lowest BCUT2D eigenvalue weighted by atomic mass is 9.87. The molecule has 0 saturated heterocycles. The first-order chi connectivity index (χ1) is 13.5. The largest absolute Gasteiger partial charge is 0.306 e. The fourth-order valence-electron chi connectivity index (χ4n) is 4.13. The van der Waals surface area contributed by atoms with Crippen LogP contribution < -0.4 is 5.56 Å². The van der Waals surface area contributed by atoms with Gasteiger partial charge in [0.25, 0.3) is 5.56 Å². The van der Waals surface area contributed by atoms with Crippen LogP contribution in [0.1, 0.15) is 46.8 Å². The molecule has 0 bridgehead atoms. The molecule has 1 unspecified atom stereocenters. The lowest BCUT2D eigenvalue weighted by Gasteiger charge is -2.33. The van der Waals surface area contributed by atoms with Crippen molar-refractivity contribution in [1.82, 2.24) is 14.9 Å². The number of H-pyrrole nitrogens is 1. The first-order valence-corrected chi connectivity index (χ1v) is 9.98. The predicted octanol–water partition coefficient (Wildman–Crippen LogP) is 4.56. The molecular weight excluding hydrogens is 346 g/mol. The van der Waals surface area contributed by atoms with Gasteiger partial charge in [0, 0.05) is 29.4 Å². The van der Waals surface area contributed by atoms with Crippen LogP contribution in [0.4, 0.5) is 0 Å². The molecule has 0 saturated carbocycles. The second kappa shape index (κ2) is 7.72. The highest BCUT2D eigenvalue weighted by molar-refractivity contribution is 5.55. The number of aromatic amines is 1. The van der Waals surface area contributed by atoms with Crippen molar-refractivity contribution < 1.29 is 0 Å². The standard InChI is InChI=1S/C24H27N3O/c1-16-17(2)25-23(26-24(16)28)20-13-11-18(12-14-20)15-27(3)22-10-6-8-19-7-4-5-9-21(19)22/h4-5,7,9,11-14,22H,6,8,10,15H2,1-3H3,(H,25,26,28). The van der Waals surface area contributed by atoms with Crippen molar-refractivity contribution in [2.24, 2.45) is 0 Å². The number of aryl methyl sites for hydroxylation is 2. The number of hydrogen-bond donors (Lipinski definition) is 1. The van der Waals surface area contributed by atoms with Gasteiger partial charge in [-0.25, -0.2) is 4.98 Å². The molecule has 3 aromatic rings. The van der Waals surface area contributed by atoms with Crippen molar-refractivity contribution in [3.8, 4) is 11.4 Å². The van der Waals surface area contributed by atoms with E-state index in [1.54, 1.807) is 6.92 Å². The van der Waals surface area contributed by atoms with Crippen LogP contribution in [-0.2, 0) is 13.0 Å². The fraction of sp³-hybridized carbons (Fsp3) is 0.333. The maximum Gasteiger partial charge on any atom is 0.254 e. The van der Waals surface area contributed by atoms with Gasteiger partial charge in [0.15, 0.2) is 0 Å². The van der Waals surface area contributed by atoms with Gasteiger partial charge in [-0.05, 0) is 56.8 Å². The molecule has 0 spiro atoms.